The molecule has 16 nitrogen and oxygen atoms in total. The number of carboxylic acids is 1. The standard InChI is InChI=1S/C27H29Cl2N7O9S2/c1-17(37)32-24-14-20(35(8-2-4-10-46(40,41)42)9-3-5-11-47(43,44)45)6-7-23(24)33-34-26-18(15-30)16-31-36(26)25-21(27(38)39)12-19(28)13-22(25)29/h6-7,12-14,16H,2-5,8-11H2,1H3,(H,32,37)(H,38,39)(H,40,41,42)(H,43,44,45). The van der Waals surface area contributed by atoms with E-state index < -0.39 is 43.6 Å². The highest BCUT2D eigenvalue weighted by molar-refractivity contribution is 7.86. The number of carbonyl (C=O) groups excluding carboxylic acids is 1. The van der Waals surface area contributed by atoms with Crippen molar-refractivity contribution in [3.8, 4) is 11.8 Å². The topological polar surface area (TPSA) is 245 Å². The Morgan fingerprint density at radius 1 is 1.00 bits per heavy atom. The molecule has 0 radical (unpaired) electrons. The molecular weight excluding hydrogens is 701 g/mol. The van der Waals surface area contributed by atoms with Crippen LogP contribution in [0, 0.1) is 11.3 Å². The maximum atomic E-state index is 12.1. The van der Waals surface area contributed by atoms with Crippen molar-refractivity contribution in [2.75, 3.05) is 34.8 Å². The van der Waals surface area contributed by atoms with Gasteiger partial charge in [0, 0.05) is 30.7 Å². The van der Waals surface area contributed by atoms with Crippen LogP contribution in [0.4, 0.5) is 22.9 Å². The second-order valence-corrected chi connectivity index (χ2v) is 14.0. The molecule has 0 aliphatic rings. The molecule has 0 unspecified atom stereocenters. The average Bonchev–Trinajstić information content (AvgIpc) is 3.36. The summed E-state index contributed by atoms with van der Waals surface area (Å²) in [5.41, 5.74) is 0.333. The Kier molecular flexibility index (Phi) is 12.8. The first-order valence-corrected chi connectivity index (χ1v) is 17.7. The SMILES string of the molecule is CC(=O)Nc1cc(N(CCCCS(=O)(=O)O)CCCCS(=O)(=O)O)ccc1N=Nc1c(C#N)cnn1-c1c(Cl)cc(Cl)cc1C(=O)O. The Morgan fingerprint density at radius 2 is 1.62 bits per heavy atom. The maximum absolute atomic E-state index is 12.1. The van der Waals surface area contributed by atoms with E-state index >= 15 is 0 Å². The van der Waals surface area contributed by atoms with Crippen molar-refractivity contribution >= 4 is 78.2 Å². The van der Waals surface area contributed by atoms with Crippen LogP contribution in [0.3, 0.4) is 0 Å². The molecule has 0 saturated heterocycles. The van der Waals surface area contributed by atoms with E-state index in [1.165, 1.54) is 19.1 Å². The lowest BCUT2D eigenvalue weighted by Gasteiger charge is -2.26. The molecule has 1 aromatic heterocycles. The van der Waals surface area contributed by atoms with Crippen LogP contribution in [0.2, 0.25) is 10.0 Å². The number of unbranched alkanes of at least 4 members (excludes halogenated alkanes) is 2. The number of azo groups is 1. The van der Waals surface area contributed by atoms with Gasteiger partial charge >= 0.3 is 5.97 Å². The summed E-state index contributed by atoms with van der Waals surface area (Å²) in [5, 5.41) is 34.4. The molecule has 20 heteroatoms. The summed E-state index contributed by atoms with van der Waals surface area (Å²) in [6.45, 7) is 1.84. The van der Waals surface area contributed by atoms with E-state index in [1.807, 2.05) is 6.07 Å². The molecule has 2 aromatic carbocycles. The number of hydrogen-bond donors (Lipinski definition) is 4. The molecule has 3 aromatic rings. The van der Waals surface area contributed by atoms with Gasteiger partial charge in [0.05, 0.1) is 34.0 Å². The number of anilines is 2. The van der Waals surface area contributed by atoms with Gasteiger partial charge in [0.1, 0.15) is 23.0 Å². The molecule has 252 valence electrons. The Hall–Kier alpha value is -4.12. The number of nitrogens with zero attached hydrogens (tertiary/aromatic N) is 6. The highest BCUT2D eigenvalue weighted by Crippen LogP contribution is 2.36. The molecule has 3 rings (SSSR count). The summed E-state index contributed by atoms with van der Waals surface area (Å²) in [5.74, 6) is -2.90. The van der Waals surface area contributed by atoms with E-state index in [4.69, 9.17) is 32.3 Å². The fourth-order valence-corrected chi connectivity index (χ4v) is 6.08. The van der Waals surface area contributed by atoms with Gasteiger partial charge in [-0.2, -0.15) is 27.2 Å². The first-order valence-electron chi connectivity index (χ1n) is 13.7. The monoisotopic (exact) mass is 729 g/mol. The quantitative estimate of drug-likeness (QED) is 0.0837. The van der Waals surface area contributed by atoms with Crippen LogP contribution < -0.4 is 10.2 Å². The zero-order chi connectivity index (χ0) is 34.9. The van der Waals surface area contributed by atoms with Gasteiger partial charge in [0.2, 0.25) is 5.91 Å². The Balaban J connectivity index is 2.01. The lowest BCUT2D eigenvalue weighted by atomic mass is 10.1. The van der Waals surface area contributed by atoms with Crippen molar-refractivity contribution < 1.29 is 40.6 Å². The van der Waals surface area contributed by atoms with Crippen LogP contribution in [0.25, 0.3) is 5.69 Å². The van der Waals surface area contributed by atoms with Crippen molar-refractivity contribution in [1.82, 2.24) is 9.78 Å². The molecule has 4 N–H and O–H groups in total. The third-order valence-electron chi connectivity index (χ3n) is 6.40. The van der Waals surface area contributed by atoms with Crippen molar-refractivity contribution in [1.29, 1.82) is 5.26 Å². The average molecular weight is 731 g/mol. The summed E-state index contributed by atoms with van der Waals surface area (Å²) in [4.78, 5) is 25.9. The van der Waals surface area contributed by atoms with Gasteiger partial charge in [-0.05, 0) is 56.0 Å². The Morgan fingerprint density at radius 3 is 2.15 bits per heavy atom. The number of benzene rings is 2. The second-order valence-electron chi connectivity index (χ2n) is 10.1. The minimum Gasteiger partial charge on any atom is -0.478 e. The summed E-state index contributed by atoms with van der Waals surface area (Å²) < 4.78 is 63.7. The number of halogens is 2. The van der Waals surface area contributed by atoms with Crippen LogP contribution >= 0.6 is 23.2 Å². The van der Waals surface area contributed by atoms with Gasteiger partial charge in [0.15, 0.2) is 5.82 Å². The molecule has 1 amide bonds. The van der Waals surface area contributed by atoms with E-state index in [0.29, 0.717) is 31.6 Å². The number of aromatic carboxylic acids is 1. The summed E-state index contributed by atoms with van der Waals surface area (Å²) in [6, 6.07) is 9.03. The third-order valence-corrected chi connectivity index (χ3v) is 8.52. The minimum absolute atomic E-state index is 0.0536. The number of carbonyl (C=O) groups is 2. The maximum Gasteiger partial charge on any atom is 0.338 e. The fourth-order valence-electron chi connectivity index (χ4n) is 4.37. The molecule has 0 aliphatic carbocycles. The van der Waals surface area contributed by atoms with E-state index in [-0.39, 0.29) is 56.9 Å². The molecule has 0 bridgehead atoms. The molecule has 1 heterocycles. The van der Waals surface area contributed by atoms with E-state index in [2.05, 4.69) is 20.6 Å². The summed E-state index contributed by atoms with van der Waals surface area (Å²) >= 11 is 12.3. The van der Waals surface area contributed by atoms with Crippen LogP contribution in [-0.2, 0) is 25.0 Å². The third kappa shape index (κ3) is 11.3. The number of amides is 1. The van der Waals surface area contributed by atoms with Crippen molar-refractivity contribution in [2.45, 2.75) is 32.6 Å². The highest BCUT2D eigenvalue weighted by atomic mass is 35.5. The van der Waals surface area contributed by atoms with E-state index in [0.717, 1.165) is 16.9 Å². The first-order chi connectivity index (χ1) is 22.0. The van der Waals surface area contributed by atoms with Crippen molar-refractivity contribution in [3.05, 3.63) is 57.7 Å². The molecule has 0 aliphatic heterocycles. The summed E-state index contributed by atoms with van der Waals surface area (Å²) in [7, 11) is -8.33. The van der Waals surface area contributed by atoms with Gasteiger partial charge in [-0.1, -0.05) is 23.2 Å². The lowest BCUT2D eigenvalue weighted by molar-refractivity contribution is -0.114. The highest BCUT2D eigenvalue weighted by Gasteiger charge is 2.22. The Bertz CT molecular complexity index is 1900. The van der Waals surface area contributed by atoms with Crippen molar-refractivity contribution in [3.63, 3.8) is 0 Å². The molecule has 0 spiro atoms. The minimum atomic E-state index is -4.16. The molecular formula is C27H29Cl2N7O9S2. The van der Waals surface area contributed by atoms with Crippen molar-refractivity contribution in [2.24, 2.45) is 10.2 Å². The number of hydrogen-bond acceptors (Lipinski definition) is 11. The number of aromatic nitrogens is 2. The number of nitriles is 1. The molecule has 47 heavy (non-hydrogen) atoms. The zero-order valence-corrected chi connectivity index (χ0v) is 27.8. The predicted molar refractivity (Wildman–Crippen MR) is 174 cm³/mol. The number of rotatable bonds is 16. The zero-order valence-electron chi connectivity index (χ0n) is 24.7. The number of carboxylic acid groups (broad SMARTS) is 1. The largest absolute Gasteiger partial charge is 0.478 e. The smallest absolute Gasteiger partial charge is 0.338 e. The number of nitrogens with one attached hydrogen (secondary N) is 1. The van der Waals surface area contributed by atoms with Crippen LogP contribution in [0.15, 0.2) is 46.8 Å². The first kappa shape index (κ1) is 37.3. The van der Waals surface area contributed by atoms with Crippen LogP contribution in [0.1, 0.15) is 48.5 Å². The van der Waals surface area contributed by atoms with E-state index in [9.17, 15) is 36.8 Å². The summed E-state index contributed by atoms with van der Waals surface area (Å²) in [6.07, 6.45) is 2.09. The molecule has 0 fully saturated rings. The normalized spacial score (nSPS) is 11.8. The van der Waals surface area contributed by atoms with Gasteiger partial charge in [-0.3, -0.25) is 13.9 Å². The second kappa shape index (κ2) is 16.1. The molecule has 0 saturated carbocycles. The predicted octanol–water partition coefficient (Wildman–Crippen LogP) is 5.27. The van der Waals surface area contributed by atoms with Gasteiger partial charge in [0.25, 0.3) is 20.2 Å². The Labute approximate surface area is 280 Å². The van der Waals surface area contributed by atoms with Gasteiger partial charge in [-0.25, -0.2) is 9.48 Å². The molecule has 0 atom stereocenters. The van der Waals surface area contributed by atoms with Crippen LogP contribution in [0.5, 0.6) is 0 Å². The van der Waals surface area contributed by atoms with Gasteiger partial charge < -0.3 is 15.3 Å². The van der Waals surface area contributed by atoms with Crippen LogP contribution in [-0.4, -0.2) is 77.3 Å². The lowest BCUT2D eigenvalue weighted by Crippen LogP contribution is -2.26. The van der Waals surface area contributed by atoms with Gasteiger partial charge in [-0.15, -0.1) is 10.2 Å². The fraction of sp³-hybridized carbons (Fsp3) is 0.333. The van der Waals surface area contributed by atoms with E-state index in [1.54, 1.807) is 17.0 Å².